The Labute approximate surface area is 114 Å². The zero-order chi connectivity index (χ0) is 14.0. The third-order valence-corrected chi connectivity index (χ3v) is 3.34. The first-order valence-electron chi connectivity index (χ1n) is 6.60. The van der Waals surface area contributed by atoms with Gasteiger partial charge in [-0.2, -0.15) is 0 Å². The molecule has 0 aliphatic heterocycles. The SMILES string of the molecule is Cc1c(CN=C(N)NC(C)C)n(C)c2ccccc12. The van der Waals surface area contributed by atoms with Crippen molar-refractivity contribution in [1.29, 1.82) is 0 Å². The van der Waals surface area contributed by atoms with Crippen LogP contribution in [0.3, 0.4) is 0 Å². The van der Waals surface area contributed by atoms with Gasteiger partial charge in [-0.1, -0.05) is 18.2 Å². The number of para-hydroxylation sites is 1. The minimum atomic E-state index is 0.303. The highest BCUT2D eigenvalue weighted by molar-refractivity contribution is 5.85. The van der Waals surface area contributed by atoms with Crippen molar-refractivity contribution in [3.8, 4) is 0 Å². The molecule has 2 rings (SSSR count). The normalized spacial score (nSPS) is 12.4. The number of hydrogen-bond donors (Lipinski definition) is 2. The summed E-state index contributed by atoms with van der Waals surface area (Å²) >= 11 is 0. The summed E-state index contributed by atoms with van der Waals surface area (Å²) < 4.78 is 2.19. The van der Waals surface area contributed by atoms with Crippen LogP contribution in [0.5, 0.6) is 0 Å². The molecule has 2 aromatic rings. The van der Waals surface area contributed by atoms with E-state index < -0.39 is 0 Å². The fraction of sp³-hybridized carbons (Fsp3) is 0.400. The van der Waals surface area contributed by atoms with Crippen LogP contribution in [0.25, 0.3) is 10.9 Å². The van der Waals surface area contributed by atoms with Gasteiger partial charge in [0.1, 0.15) is 0 Å². The van der Waals surface area contributed by atoms with Crippen LogP contribution in [0.2, 0.25) is 0 Å². The van der Waals surface area contributed by atoms with Crippen molar-refractivity contribution in [3.63, 3.8) is 0 Å². The smallest absolute Gasteiger partial charge is 0.189 e. The molecule has 0 radical (unpaired) electrons. The maximum Gasteiger partial charge on any atom is 0.189 e. The van der Waals surface area contributed by atoms with Crippen molar-refractivity contribution in [2.75, 3.05) is 0 Å². The molecule has 0 spiro atoms. The first-order chi connectivity index (χ1) is 9.00. The Morgan fingerprint density at radius 3 is 2.68 bits per heavy atom. The van der Waals surface area contributed by atoms with E-state index in [0.717, 1.165) is 0 Å². The number of benzene rings is 1. The molecule has 0 fully saturated rings. The van der Waals surface area contributed by atoms with Gasteiger partial charge in [-0.3, -0.25) is 0 Å². The highest BCUT2D eigenvalue weighted by Gasteiger charge is 2.10. The number of nitrogens with two attached hydrogens (primary N) is 1. The predicted octanol–water partition coefficient (Wildman–Crippen LogP) is 2.30. The number of nitrogens with one attached hydrogen (secondary N) is 1. The molecule has 1 aromatic heterocycles. The summed E-state index contributed by atoms with van der Waals surface area (Å²) in [5.41, 5.74) is 9.56. The molecule has 0 amide bonds. The van der Waals surface area contributed by atoms with Crippen LogP contribution in [0, 0.1) is 6.92 Å². The van der Waals surface area contributed by atoms with E-state index in [9.17, 15) is 0 Å². The van der Waals surface area contributed by atoms with Crippen molar-refractivity contribution in [2.24, 2.45) is 17.8 Å². The number of nitrogens with zero attached hydrogens (tertiary/aromatic N) is 2. The molecule has 0 saturated heterocycles. The van der Waals surface area contributed by atoms with Gasteiger partial charge in [-0.25, -0.2) is 4.99 Å². The lowest BCUT2D eigenvalue weighted by Gasteiger charge is -2.09. The van der Waals surface area contributed by atoms with Gasteiger partial charge in [0.2, 0.25) is 0 Å². The first-order valence-corrected chi connectivity index (χ1v) is 6.60. The molecule has 4 heteroatoms. The molecular formula is C15H22N4. The van der Waals surface area contributed by atoms with E-state index in [1.807, 2.05) is 13.8 Å². The van der Waals surface area contributed by atoms with E-state index in [2.05, 4.69) is 53.1 Å². The fourth-order valence-electron chi connectivity index (χ4n) is 2.36. The van der Waals surface area contributed by atoms with Crippen LogP contribution in [0.4, 0.5) is 0 Å². The zero-order valence-corrected chi connectivity index (χ0v) is 12.1. The summed E-state index contributed by atoms with van der Waals surface area (Å²) in [7, 11) is 2.08. The topological polar surface area (TPSA) is 55.3 Å². The highest BCUT2D eigenvalue weighted by atomic mass is 15.1. The van der Waals surface area contributed by atoms with E-state index >= 15 is 0 Å². The van der Waals surface area contributed by atoms with Gasteiger partial charge < -0.3 is 15.6 Å². The van der Waals surface area contributed by atoms with Gasteiger partial charge in [0, 0.05) is 29.7 Å². The number of aliphatic imine (C=N–C) groups is 1. The lowest BCUT2D eigenvalue weighted by Crippen LogP contribution is -2.36. The molecule has 19 heavy (non-hydrogen) atoms. The van der Waals surface area contributed by atoms with E-state index in [-0.39, 0.29) is 0 Å². The molecule has 0 aliphatic carbocycles. The Morgan fingerprint density at radius 1 is 1.37 bits per heavy atom. The minimum absolute atomic E-state index is 0.303. The number of hydrogen-bond acceptors (Lipinski definition) is 1. The van der Waals surface area contributed by atoms with Crippen LogP contribution in [-0.2, 0) is 13.6 Å². The van der Waals surface area contributed by atoms with E-state index in [1.54, 1.807) is 0 Å². The van der Waals surface area contributed by atoms with E-state index in [0.29, 0.717) is 18.5 Å². The molecule has 0 atom stereocenters. The van der Waals surface area contributed by atoms with Crippen molar-refractivity contribution in [2.45, 2.75) is 33.4 Å². The van der Waals surface area contributed by atoms with Crippen LogP contribution in [0.15, 0.2) is 29.3 Å². The lowest BCUT2D eigenvalue weighted by molar-refractivity contribution is 0.720. The third-order valence-electron chi connectivity index (χ3n) is 3.34. The monoisotopic (exact) mass is 258 g/mol. The second-order valence-electron chi connectivity index (χ2n) is 5.15. The molecule has 3 N–H and O–H groups in total. The molecule has 0 bridgehead atoms. The maximum absolute atomic E-state index is 5.85. The lowest BCUT2D eigenvalue weighted by atomic mass is 10.1. The first kappa shape index (κ1) is 13.5. The molecule has 1 heterocycles. The Morgan fingerprint density at radius 2 is 2.05 bits per heavy atom. The zero-order valence-electron chi connectivity index (χ0n) is 12.1. The highest BCUT2D eigenvalue weighted by Crippen LogP contribution is 2.24. The quantitative estimate of drug-likeness (QED) is 0.655. The van der Waals surface area contributed by atoms with Crippen molar-refractivity contribution in [3.05, 3.63) is 35.5 Å². The Bertz CT molecular complexity index is 569. The van der Waals surface area contributed by atoms with E-state index in [4.69, 9.17) is 5.73 Å². The molecular weight excluding hydrogens is 236 g/mol. The van der Waals surface area contributed by atoms with Crippen molar-refractivity contribution in [1.82, 2.24) is 9.88 Å². The molecule has 102 valence electrons. The summed E-state index contributed by atoms with van der Waals surface area (Å²) in [6.07, 6.45) is 0. The molecule has 4 nitrogen and oxygen atoms in total. The summed E-state index contributed by atoms with van der Waals surface area (Å²) in [6.45, 7) is 6.83. The van der Waals surface area contributed by atoms with Crippen molar-refractivity contribution < 1.29 is 0 Å². The molecule has 1 aromatic carbocycles. The second kappa shape index (κ2) is 5.34. The third kappa shape index (κ3) is 2.72. The average molecular weight is 258 g/mol. The second-order valence-corrected chi connectivity index (χ2v) is 5.15. The van der Waals surface area contributed by atoms with E-state index in [1.165, 1.54) is 22.2 Å². The fourth-order valence-corrected chi connectivity index (χ4v) is 2.36. The Hall–Kier alpha value is -1.97. The Kier molecular flexibility index (Phi) is 3.79. The molecule has 0 saturated carbocycles. The summed E-state index contributed by atoms with van der Waals surface area (Å²) in [5.74, 6) is 0.500. The molecule has 0 unspecified atom stereocenters. The van der Waals surface area contributed by atoms with Gasteiger partial charge in [0.05, 0.1) is 6.54 Å². The van der Waals surface area contributed by atoms with Crippen molar-refractivity contribution >= 4 is 16.9 Å². The number of aromatic nitrogens is 1. The summed E-state index contributed by atoms with van der Waals surface area (Å²) in [6, 6.07) is 8.71. The summed E-state index contributed by atoms with van der Waals surface area (Å²) in [4.78, 5) is 4.41. The van der Waals surface area contributed by atoms with Gasteiger partial charge in [-0.15, -0.1) is 0 Å². The number of aryl methyl sites for hydroxylation is 2. The number of fused-ring (bicyclic) bond motifs is 1. The standard InChI is InChI=1S/C15H22N4/c1-10(2)18-15(16)17-9-14-11(3)12-7-5-6-8-13(12)19(14)4/h5-8,10H,9H2,1-4H3,(H3,16,17,18). The Balaban J connectivity index is 2.31. The summed E-state index contributed by atoms with van der Waals surface area (Å²) in [5, 5.41) is 4.39. The van der Waals surface area contributed by atoms with Gasteiger partial charge >= 0.3 is 0 Å². The van der Waals surface area contributed by atoms with Crippen LogP contribution < -0.4 is 11.1 Å². The van der Waals surface area contributed by atoms with Gasteiger partial charge in [0.25, 0.3) is 0 Å². The number of rotatable bonds is 3. The predicted molar refractivity (Wildman–Crippen MR) is 81.3 cm³/mol. The van der Waals surface area contributed by atoms with Crippen LogP contribution in [0.1, 0.15) is 25.1 Å². The minimum Gasteiger partial charge on any atom is -0.370 e. The maximum atomic E-state index is 5.85. The van der Waals surface area contributed by atoms with Crippen LogP contribution >= 0.6 is 0 Å². The number of guanidine groups is 1. The largest absolute Gasteiger partial charge is 0.370 e. The average Bonchev–Trinajstić information content (AvgIpc) is 2.60. The van der Waals surface area contributed by atoms with Gasteiger partial charge in [-0.05, 0) is 32.4 Å². The van der Waals surface area contributed by atoms with Gasteiger partial charge in [0.15, 0.2) is 5.96 Å². The van der Waals surface area contributed by atoms with Crippen LogP contribution in [-0.4, -0.2) is 16.6 Å². The molecule has 0 aliphatic rings.